The summed E-state index contributed by atoms with van der Waals surface area (Å²) >= 11 is 0. The van der Waals surface area contributed by atoms with Gasteiger partial charge in [0.25, 0.3) is 0 Å². The van der Waals surface area contributed by atoms with Gasteiger partial charge in [-0.3, -0.25) is 9.59 Å². The molecule has 1 N–H and O–H groups in total. The molecule has 1 saturated heterocycles. The molecule has 194 valence electrons. The zero-order valence-electron chi connectivity index (χ0n) is 20.3. The van der Waals surface area contributed by atoms with Crippen LogP contribution in [0.25, 0.3) is 11.1 Å². The first kappa shape index (κ1) is 26.1. The molecular weight excluding hydrogens is 484 g/mol. The van der Waals surface area contributed by atoms with Gasteiger partial charge in [-0.2, -0.15) is 0 Å². The number of rotatable bonds is 10. The lowest BCUT2D eigenvalue weighted by atomic mass is 10.0. The predicted octanol–water partition coefficient (Wildman–Crippen LogP) is 4.67. The van der Waals surface area contributed by atoms with E-state index in [1.54, 1.807) is 30.3 Å². The molecule has 0 bridgehead atoms. The highest BCUT2D eigenvalue weighted by Crippen LogP contribution is 2.33. The Bertz CT molecular complexity index is 1280. The topological polar surface area (TPSA) is 85.3 Å². The van der Waals surface area contributed by atoms with E-state index in [4.69, 9.17) is 14.2 Å². The zero-order chi connectivity index (χ0) is 26.4. The molecule has 0 spiro atoms. The van der Waals surface area contributed by atoms with E-state index in [-0.39, 0.29) is 30.7 Å². The molecule has 7 nitrogen and oxygen atoms in total. The van der Waals surface area contributed by atoms with Gasteiger partial charge in [-0.05, 0) is 47.4 Å². The van der Waals surface area contributed by atoms with Crippen molar-refractivity contribution >= 4 is 11.9 Å². The van der Waals surface area contributed by atoms with Crippen molar-refractivity contribution in [2.24, 2.45) is 5.92 Å². The number of aliphatic carboxylic acids is 1. The number of amides is 1. The molecule has 1 unspecified atom stereocenters. The van der Waals surface area contributed by atoms with Gasteiger partial charge in [-0.25, -0.2) is 8.78 Å². The van der Waals surface area contributed by atoms with Gasteiger partial charge in [0.15, 0.2) is 11.6 Å². The minimum absolute atomic E-state index is 0.0409. The van der Waals surface area contributed by atoms with E-state index in [0.717, 1.165) is 11.1 Å². The van der Waals surface area contributed by atoms with Crippen LogP contribution in [0.5, 0.6) is 11.5 Å². The van der Waals surface area contributed by atoms with Crippen LogP contribution >= 0.6 is 0 Å². The fourth-order valence-electron chi connectivity index (χ4n) is 4.25. The lowest BCUT2D eigenvalue weighted by Gasteiger charge is -2.23. The predicted molar refractivity (Wildman–Crippen MR) is 131 cm³/mol. The van der Waals surface area contributed by atoms with Crippen molar-refractivity contribution < 1.29 is 37.7 Å². The molecule has 3 aromatic carbocycles. The average molecular weight is 512 g/mol. The normalized spacial score (nSPS) is 14.8. The van der Waals surface area contributed by atoms with Crippen LogP contribution in [0.4, 0.5) is 8.78 Å². The van der Waals surface area contributed by atoms with Crippen LogP contribution in [0.15, 0.2) is 60.7 Å². The molecule has 0 aliphatic carbocycles. The van der Waals surface area contributed by atoms with Crippen LogP contribution in [0.3, 0.4) is 0 Å². The van der Waals surface area contributed by atoms with Gasteiger partial charge in [-0.1, -0.05) is 30.3 Å². The van der Waals surface area contributed by atoms with E-state index in [9.17, 15) is 23.5 Å². The van der Waals surface area contributed by atoms with Gasteiger partial charge in [0, 0.05) is 24.8 Å². The molecule has 4 rings (SSSR count). The number of halogens is 2. The van der Waals surface area contributed by atoms with Gasteiger partial charge >= 0.3 is 5.97 Å². The molecule has 37 heavy (non-hydrogen) atoms. The maximum atomic E-state index is 14.8. The molecular formula is C28H27F2NO6. The number of benzene rings is 3. The maximum absolute atomic E-state index is 14.8. The van der Waals surface area contributed by atoms with Crippen LogP contribution in [0, 0.1) is 17.6 Å². The minimum Gasteiger partial charge on any atom is -0.496 e. The standard InChI is InChI=1S/C28H27F2NO6/c1-35-26-13-22(29)6-7-23(26)20-5-8-25(24(30)12-20)37-16-19-4-2-3-18(11-19)14-31(15-27(32)33)28(34)21-9-10-36-17-21/h2-8,11-13,21H,9-10,14-17H2,1H3,(H,32,33). The summed E-state index contributed by atoms with van der Waals surface area (Å²) in [5.41, 5.74) is 2.52. The van der Waals surface area contributed by atoms with E-state index in [2.05, 4.69) is 0 Å². The third kappa shape index (κ3) is 6.62. The molecule has 3 aromatic rings. The molecule has 1 aliphatic rings. The second-order valence-corrected chi connectivity index (χ2v) is 8.75. The number of hydrogen-bond acceptors (Lipinski definition) is 5. The Morgan fingerprint density at radius 3 is 2.57 bits per heavy atom. The molecule has 1 amide bonds. The Hall–Kier alpha value is -3.98. The highest BCUT2D eigenvalue weighted by Gasteiger charge is 2.29. The monoisotopic (exact) mass is 511 g/mol. The molecule has 1 atom stereocenters. The van der Waals surface area contributed by atoms with E-state index < -0.39 is 24.1 Å². The molecule has 1 heterocycles. The molecule has 1 fully saturated rings. The van der Waals surface area contributed by atoms with Crippen LogP contribution in [-0.2, 0) is 27.5 Å². The summed E-state index contributed by atoms with van der Waals surface area (Å²) in [6.07, 6.45) is 0.571. The third-order valence-electron chi connectivity index (χ3n) is 6.08. The number of carbonyl (C=O) groups is 2. The lowest BCUT2D eigenvalue weighted by molar-refractivity contribution is -0.146. The van der Waals surface area contributed by atoms with Crippen molar-refractivity contribution in [2.45, 2.75) is 19.6 Å². The van der Waals surface area contributed by atoms with Crippen LogP contribution in [-0.4, -0.2) is 48.8 Å². The van der Waals surface area contributed by atoms with Crippen LogP contribution < -0.4 is 9.47 Å². The Labute approximate surface area is 213 Å². The van der Waals surface area contributed by atoms with Crippen molar-refractivity contribution in [1.82, 2.24) is 4.90 Å². The van der Waals surface area contributed by atoms with Gasteiger partial charge in [0.05, 0.1) is 19.6 Å². The van der Waals surface area contributed by atoms with Crippen molar-refractivity contribution in [3.8, 4) is 22.6 Å². The summed E-state index contributed by atoms with van der Waals surface area (Å²) < 4.78 is 44.5. The van der Waals surface area contributed by atoms with Gasteiger partial charge in [0.1, 0.15) is 24.7 Å². The molecule has 0 saturated carbocycles. The van der Waals surface area contributed by atoms with Crippen molar-refractivity contribution in [2.75, 3.05) is 26.9 Å². The highest BCUT2D eigenvalue weighted by atomic mass is 19.1. The largest absolute Gasteiger partial charge is 0.496 e. The second-order valence-electron chi connectivity index (χ2n) is 8.75. The van der Waals surface area contributed by atoms with Crippen molar-refractivity contribution in [3.05, 3.63) is 83.4 Å². The van der Waals surface area contributed by atoms with Gasteiger partial charge in [-0.15, -0.1) is 0 Å². The molecule has 9 heteroatoms. The summed E-state index contributed by atoms with van der Waals surface area (Å²) in [7, 11) is 1.42. The Balaban J connectivity index is 1.44. The molecule has 0 radical (unpaired) electrons. The molecule has 1 aliphatic heterocycles. The first-order valence-electron chi connectivity index (χ1n) is 11.8. The summed E-state index contributed by atoms with van der Waals surface area (Å²) in [5.74, 6) is -2.39. The first-order chi connectivity index (χ1) is 17.8. The highest BCUT2D eigenvalue weighted by molar-refractivity contribution is 5.83. The number of methoxy groups -OCH3 is 1. The zero-order valence-corrected chi connectivity index (χ0v) is 20.3. The third-order valence-corrected chi connectivity index (χ3v) is 6.08. The summed E-state index contributed by atoms with van der Waals surface area (Å²) in [6.45, 7) is 0.554. The number of hydrogen-bond donors (Lipinski definition) is 1. The summed E-state index contributed by atoms with van der Waals surface area (Å²) in [4.78, 5) is 25.4. The number of carbonyl (C=O) groups excluding carboxylic acids is 1. The van der Waals surface area contributed by atoms with Gasteiger partial charge < -0.3 is 24.2 Å². The number of carboxylic acids is 1. The number of nitrogens with zero attached hydrogens (tertiary/aromatic N) is 1. The van der Waals surface area contributed by atoms with E-state index in [1.807, 2.05) is 0 Å². The number of ether oxygens (including phenoxy) is 3. The second kappa shape index (κ2) is 11.8. The first-order valence-corrected chi connectivity index (χ1v) is 11.8. The average Bonchev–Trinajstić information content (AvgIpc) is 3.42. The quantitative estimate of drug-likeness (QED) is 0.426. The van der Waals surface area contributed by atoms with Crippen molar-refractivity contribution in [1.29, 1.82) is 0 Å². The van der Waals surface area contributed by atoms with Crippen LogP contribution in [0.2, 0.25) is 0 Å². The van der Waals surface area contributed by atoms with Gasteiger partial charge in [0.2, 0.25) is 5.91 Å². The smallest absolute Gasteiger partial charge is 0.323 e. The fourth-order valence-corrected chi connectivity index (χ4v) is 4.25. The van der Waals surface area contributed by atoms with Crippen molar-refractivity contribution in [3.63, 3.8) is 0 Å². The number of carboxylic acid groups (broad SMARTS) is 1. The fraction of sp³-hybridized carbons (Fsp3) is 0.286. The summed E-state index contributed by atoms with van der Waals surface area (Å²) in [5, 5.41) is 9.27. The Morgan fingerprint density at radius 2 is 1.86 bits per heavy atom. The van der Waals surface area contributed by atoms with E-state index in [1.165, 1.54) is 42.3 Å². The Morgan fingerprint density at radius 1 is 1.05 bits per heavy atom. The Kier molecular flexibility index (Phi) is 8.35. The minimum atomic E-state index is -1.09. The SMILES string of the molecule is COc1cc(F)ccc1-c1ccc(OCc2cccc(CN(CC(=O)O)C(=O)C3CCOC3)c2)c(F)c1. The van der Waals surface area contributed by atoms with E-state index >= 15 is 0 Å². The van der Waals surface area contributed by atoms with Crippen LogP contribution in [0.1, 0.15) is 17.5 Å². The summed E-state index contributed by atoms with van der Waals surface area (Å²) in [6, 6.07) is 15.6. The lowest BCUT2D eigenvalue weighted by Crippen LogP contribution is -2.39. The molecule has 0 aromatic heterocycles. The van der Waals surface area contributed by atoms with E-state index in [0.29, 0.717) is 36.5 Å². The maximum Gasteiger partial charge on any atom is 0.323 e.